The van der Waals surface area contributed by atoms with Crippen LogP contribution in [0.4, 0.5) is 5.69 Å². The number of amides is 2. The molecule has 0 saturated carbocycles. The van der Waals surface area contributed by atoms with Crippen LogP contribution in [0.3, 0.4) is 0 Å². The summed E-state index contributed by atoms with van der Waals surface area (Å²) in [6.07, 6.45) is 0. The fourth-order valence-corrected chi connectivity index (χ4v) is 6.20. The quantitative estimate of drug-likeness (QED) is 0.470. The van der Waals surface area contributed by atoms with E-state index >= 15 is 0 Å². The van der Waals surface area contributed by atoms with Gasteiger partial charge in [-0.05, 0) is 54.1 Å². The van der Waals surface area contributed by atoms with Crippen LogP contribution in [0.15, 0.2) is 66.7 Å². The van der Waals surface area contributed by atoms with Gasteiger partial charge in [0.25, 0.3) is 11.8 Å². The number of fused-ring (bicyclic) bond motifs is 2. The first-order valence-corrected chi connectivity index (χ1v) is 12.2. The van der Waals surface area contributed by atoms with E-state index in [1.165, 1.54) is 11.8 Å². The molecule has 0 aliphatic carbocycles. The SMILES string of the molecule is COc1ccc2c(c1)C1(SCCN1C(=O)c1ccc(Cl)cc1)C(=O)N2Cc1ccccc1Cl. The van der Waals surface area contributed by atoms with Crippen molar-refractivity contribution >= 4 is 52.5 Å². The molecule has 168 valence electrons. The summed E-state index contributed by atoms with van der Waals surface area (Å²) < 4.78 is 5.47. The van der Waals surface area contributed by atoms with Gasteiger partial charge in [0.05, 0.1) is 19.3 Å². The van der Waals surface area contributed by atoms with Crippen LogP contribution in [0.1, 0.15) is 21.5 Å². The van der Waals surface area contributed by atoms with Gasteiger partial charge in [-0.25, -0.2) is 0 Å². The molecule has 0 radical (unpaired) electrons. The number of thioether (sulfide) groups is 1. The number of ether oxygens (including phenoxy) is 1. The summed E-state index contributed by atoms with van der Waals surface area (Å²) in [5, 5.41) is 1.14. The van der Waals surface area contributed by atoms with Crippen molar-refractivity contribution in [1.29, 1.82) is 0 Å². The summed E-state index contributed by atoms with van der Waals surface area (Å²) in [7, 11) is 1.59. The molecule has 2 aliphatic heterocycles. The minimum absolute atomic E-state index is 0.157. The number of halogens is 2. The third kappa shape index (κ3) is 3.57. The number of benzene rings is 3. The van der Waals surface area contributed by atoms with Crippen LogP contribution in [-0.2, 0) is 16.2 Å². The molecule has 0 N–H and O–H groups in total. The molecule has 33 heavy (non-hydrogen) atoms. The molecule has 3 aromatic rings. The molecular weight excluding hydrogens is 479 g/mol. The molecule has 5 nitrogen and oxygen atoms in total. The average Bonchev–Trinajstić information content (AvgIpc) is 3.37. The van der Waals surface area contributed by atoms with Gasteiger partial charge in [0, 0.05) is 33.5 Å². The highest BCUT2D eigenvalue weighted by atomic mass is 35.5. The average molecular weight is 499 g/mol. The molecule has 3 aromatic carbocycles. The number of carbonyl (C=O) groups is 2. The van der Waals surface area contributed by atoms with Crippen LogP contribution in [-0.4, -0.2) is 36.1 Å². The number of carbonyl (C=O) groups excluding carboxylic acids is 2. The van der Waals surface area contributed by atoms with Crippen molar-refractivity contribution < 1.29 is 14.3 Å². The topological polar surface area (TPSA) is 49.9 Å². The van der Waals surface area contributed by atoms with E-state index in [1.54, 1.807) is 41.2 Å². The van der Waals surface area contributed by atoms with Gasteiger partial charge in [0.15, 0.2) is 4.87 Å². The van der Waals surface area contributed by atoms with Gasteiger partial charge in [0.1, 0.15) is 5.75 Å². The van der Waals surface area contributed by atoms with E-state index in [1.807, 2.05) is 42.5 Å². The highest BCUT2D eigenvalue weighted by Crippen LogP contribution is 2.55. The maximum Gasteiger partial charge on any atom is 0.268 e. The number of rotatable bonds is 4. The lowest BCUT2D eigenvalue weighted by molar-refractivity contribution is -0.123. The van der Waals surface area contributed by atoms with Crippen LogP contribution in [0.5, 0.6) is 5.75 Å². The van der Waals surface area contributed by atoms with E-state index in [-0.39, 0.29) is 11.8 Å². The highest BCUT2D eigenvalue weighted by molar-refractivity contribution is 8.01. The Labute approximate surface area is 206 Å². The van der Waals surface area contributed by atoms with Crippen molar-refractivity contribution in [3.63, 3.8) is 0 Å². The van der Waals surface area contributed by atoms with E-state index in [4.69, 9.17) is 27.9 Å². The first-order chi connectivity index (χ1) is 16.0. The minimum atomic E-state index is -1.16. The van der Waals surface area contributed by atoms with Gasteiger partial charge >= 0.3 is 0 Å². The molecule has 0 bridgehead atoms. The summed E-state index contributed by atoms with van der Waals surface area (Å²) >= 11 is 13.9. The smallest absolute Gasteiger partial charge is 0.268 e. The Morgan fingerprint density at radius 2 is 1.85 bits per heavy atom. The maximum absolute atomic E-state index is 14.1. The standard InChI is InChI=1S/C25H20Cl2N2O3S/c1-32-19-10-11-22-20(14-19)25(24(31)28(22)15-17-4-2-3-5-21(17)27)29(12-13-33-25)23(30)16-6-8-18(26)9-7-16/h2-11,14H,12-13,15H2,1H3. The van der Waals surface area contributed by atoms with Crippen LogP contribution in [0.25, 0.3) is 0 Å². The monoisotopic (exact) mass is 498 g/mol. The zero-order chi connectivity index (χ0) is 23.2. The third-order valence-corrected chi connectivity index (χ3v) is 8.06. The van der Waals surface area contributed by atoms with Gasteiger partial charge in [0.2, 0.25) is 0 Å². The van der Waals surface area contributed by atoms with Crippen molar-refractivity contribution in [3.05, 3.63) is 93.5 Å². The Morgan fingerprint density at radius 1 is 1.09 bits per heavy atom. The molecule has 1 saturated heterocycles. The summed E-state index contributed by atoms with van der Waals surface area (Å²) in [5.41, 5.74) is 2.83. The second-order valence-electron chi connectivity index (χ2n) is 7.82. The van der Waals surface area contributed by atoms with Gasteiger partial charge in [-0.3, -0.25) is 9.59 Å². The predicted octanol–water partition coefficient (Wildman–Crippen LogP) is 5.59. The molecule has 2 amide bonds. The normalized spacial score (nSPS) is 19.3. The third-order valence-electron chi connectivity index (χ3n) is 6.02. The van der Waals surface area contributed by atoms with Crippen molar-refractivity contribution in [2.45, 2.75) is 11.4 Å². The molecule has 1 fully saturated rings. The van der Waals surface area contributed by atoms with Crippen molar-refractivity contribution in [1.82, 2.24) is 4.90 Å². The van der Waals surface area contributed by atoms with Crippen molar-refractivity contribution in [2.75, 3.05) is 24.3 Å². The Bertz CT molecular complexity index is 1250. The largest absolute Gasteiger partial charge is 0.497 e. The van der Waals surface area contributed by atoms with E-state index in [2.05, 4.69) is 0 Å². The molecule has 5 rings (SSSR count). The fraction of sp³-hybridized carbons (Fsp3) is 0.200. The molecule has 2 heterocycles. The number of hydrogen-bond acceptors (Lipinski definition) is 4. The molecule has 1 atom stereocenters. The minimum Gasteiger partial charge on any atom is -0.497 e. The summed E-state index contributed by atoms with van der Waals surface area (Å²) in [5.74, 6) is 0.905. The number of methoxy groups -OCH3 is 1. The molecule has 8 heteroatoms. The van der Waals surface area contributed by atoms with Crippen molar-refractivity contribution in [2.24, 2.45) is 0 Å². The number of anilines is 1. The van der Waals surface area contributed by atoms with Crippen LogP contribution < -0.4 is 9.64 Å². The Kier molecular flexibility index (Phi) is 5.77. The van der Waals surface area contributed by atoms with Crippen LogP contribution in [0.2, 0.25) is 10.0 Å². The van der Waals surface area contributed by atoms with Gasteiger partial charge in [-0.15, -0.1) is 11.8 Å². The first kappa shape index (κ1) is 22.1. The summed E-state index contributed by atoms with van der Waals surface area (Å²) in [4.78, 5) is 29.9. The molecule has 0 aromatic heterocycles. The summed E-state index contributed by atoms with van der Waals surface area (Å²) in [6.45, 7) is 0.761. The Hall–Kier alpha value is -2.67. The van der Waals surface area contributed by atoms with Gasteiger partial charge in [-0.1, -0.05) is 41.4 Å². The molecular formula is C25H20Cl2N2O3S. The Morgan fingerprint density at radius 3 is 2.58 bits per heavy atom. The molecule has 2 aliphatic rings. The zero-order valence-electron chi connectivity index (χ0n) is 17.8. The highest BCUT2D eigenvalue weighted by Gasteiger charge is 2.59. The predicted molar refractivity (Wildman–Crippen MR) is 132 cm³/mol. The van der Waals surface area contributed by atoms with Gasteiger partial charge < -0.3 is 14.5 Å². The fourth-order valence-electron chi connectivity index (χ4n) is 4.42. The van der Waals surface area contributed by atoms with Crippen LogP contribution >= 0.6 is 35.0 Å². The van der Waals surface area contributed by atoms with Crippen molar-refractivity contribution in [3.8, 4) is 5.75 Å². The van der Waals surface area contributed by atoms with Gasteiger partial charge in [-0.2, -0.15) is 0 Å². The zero-order valence-corrected chi connectivity index (χ0v) is 20.1. The lowest BCUT2D eigenvalue weighted by Gasteiger charge is -2.33. The van der Waals surface area contributed by atoms with E-state index < -0.39 is 4.87 Å². The number of nitrogens with zero attached hydrogens (tertiary/aromatic N) is 2. The molecule has 1 unspecified atom stereocenters. The van der Waals surface area contributed by atoms with E-state index in [0.29, 0.717) is 40.2 Å². The van der Waals surface area contributed by atoms with E-state index in [9.17, 15) is 9.59 Å². The molecule has 1 spiro atoms. The first-order valence-electron chi connectivity index (χ1n) is 10.4. The second kappa shape index (κ2) is 8.60. The summed E-state index contributed by atoms with van der Waals surface area (Å²) in [6, 6.07) is 19.8. The second-order valence-corrected chi connectivity index (χ2v) is 9.95. The lowest BCUT2D eigenvalue weighted by Crippen LogP contribution is -2.50. The maximum atomic E-state index is 14.1. The Balaban J connectivity index is 1.62. The van der Waals surface area contributed by atoms with Crippen LogP contribution in [0, 0.1) is 0 Å². The number of hydrogen-bond donors (Lipinski definition) is 0. The lowest BCUT2D eigenvalue weighted by atomic mass is 10.0. The van der Waals surface area contributed by atoms with E-state index in [0.717, 1.165) is 16.8 Å².